The van der Waals surface area contributed by atoms with Crippen LogP contribution in [0.25, 0.3) is 11.1 Å². The van der Waals surface area contributed by atoms with Crippen LogP contribution in [0.5, 0.6) is 5.75 Å². The Kier molecular flexibility index (Phi) is 7.71. The highest BCUT2D eigenvalue weighted by atomic mass is 19.1. The van der Waals surface area contributed by atoms with Crippen molar-refractivity contribution < 1.29 is 33.4 Å². The highest BCUT2D eigenvalue weighted by Crippen LogP contribution is 2.33. The number of hydrogen-bond donors (Lipinski definition) is 1. The van der Waals surface area contributed by atoms with Crippen molar-refractivity contribution >= 4 is 17.8 Å². The maximum absolute atomic E-state index is 14.8. The zero-order valence-electron chi connectivity index (χ0n) is 19.4. The van der Waals surface area contributed by atoms with Gasteiger partial charge in [-0.15, -0.1) is 0 Å². The lowest BCUT2D eigenvalue weighted by molar-refractivity contribution is -0.148. The van der Waals surface area contributed by atoms with E-state index in [9.17, 15) is 23.9 Å². The number of nitrogens with zero attached hydrogens (tertiary/aromatic N) is 1. The number of hydrogen-bond acceptors (Lipinski definition) is 5. The van der Waals surface area contributed by atoms with E-state index in [0.29, 0.717) is 36.3 Å². The molecule has 0 saturated carbocycles. The second-order valence-electron chi connectivity index (χ2n) is 9.03. The van der Waals surface area contributed by atoms with E-state index in [2.05, 4.69) is 0 Å². The van der Waals surface area contributed by atoms with Crippen LogP contribution in [0.2, 0.25) is 0 Å². The molecule has 1 atom stereocenters. The normalized spacial score (nSPS) is 16.5. The molecule has 0 radical (unpaired) electrons. The summed E-state index contributed by atoms with van der Waals surface area (Å²) in [5.74, 6) is -0.894. The fraction of sp³-hybridized carbons (Fsp3) is 0.346. The molecule has 0 spiro atoms. The number of esters is 1. The summed E-state index contributed by atoms with van der Waals surface area (Å²) in [5, 5.41) is 9.46. The number of likely N-dealkylation sites (tertiary alicyclic amines) is 1. The van der Waals surface area contributed by atoms with Crippen LogP contribution in [0.1, 0.15) is 39.2 Å². The van der Waals surface area contributed by atoms with E-state index >= 15 is 0 Å². The first-order chi connectivity index (χ1) is 16.0. The standard InChI is InChI=1S/C26H28FNO6/c1-26(2,3)34-24(30)12-14-33-23-9-5-4-7-18(23)19-15-17(10-11-20(19)27)16-21-22(29)8-6-13-28(21)25(31)32/h4-5,7,9-12,14-15,21H,6,8,13,16H2,1-3H3,(H,31,32)/b14-12+/t21-/m0/s1. The second kappa shape index (κ2) is 10.5. The summed E-state index contributed by atoms with van der Waals surface area (Å²) in [5.41, 5.74) is 0.672. The van der Waals surface area contributed by atoms with Gasteiger partial charge in [-0.25, -0.2) is 14.0 Å². The Hall–Kier alpha value is -3.68. The van der Waals surface area contributed by atoms with Gasteiger partial charge < -0.3 is 14.6 Å². The molecular weight excluding hydrogens is 441 g/mol. The Balaban J connectivity index is 1.84. The van der Waals surface area contributed by atoms with Crippen LogP contribution >= 0.6 is 0 Å². The molecular formula is C26H28FNO6. The first-order valence-corrected chi connectivity index (χ1v) is 11.0. The van der Waals surface area contributed by atoms with Crippen molar-refractivity contribution in [1.82, 2.24) is 4.90 Å². The Morgan fingerprint density at radius 1 is 1.18 bits per heavy atom. The number of amides is 1. The molecule has 0 unspecified atom stereocenters. The van der Waals surface area contributed by atoms with Gasteiger partial charge in [-0.3, -0.25) is 9.69 Å². The average molecular weight is 470 g/mol. The summed E-state index contributed by atoms with van der Waals surface area (Å²) < 4.78 is 25.6. The number of rotatable bonds is 6. The minimum atomic E-state index is -1.14. The maximum atomic E-state index is 14.8. The monoisotopic (exact) mass is 469 g/mol. The largest absolute Gasteiger partial charge is 0.465 e. The summed E-state index contributed by atoms with van der Waals surface area (Å²) in [6.07, 6.45) is 2.15. The molecule has 7 nitrogen and oxygen atoms in total. The fourth-order valence-electron chi connectivity index (χ4n) is 3.79. The molecule has 3 rings (SSSR count). The zero-order valence-corrected chi connectivity index (χ0v) is 19.4. The van der Waals surface area contributed by atoms with Gasteiger partial charge in [0, 0.05) is 30.5 Å². The average Bonchev–Trinajstić information content (AvgIpc) is 2.75. The first-order valence-electron chi connectivity index (χ1n) is 11.0. The van der Waals surface area contributed by atoms with Gasteiger partial charge in [0.15, 0.2) is 5.78 Å². The molecule has 1 saturated heterocycles. The molecule has 1 fully saturated rings. The predicted octanol–water partition coefficient (Wildman–Crippen LogP) is 4.98. The predicted molar refractivity (Wildman–Crippen MR) is 124 cm³/mol. The van der Waals surface area contributed by atoms with Gasteiger partial charge in [-0.2, -0.15) is 0 Å². The molecule has 180 valence electrons. The van der Waals surface area contributed by atoms with Gasteiger partial charge in [0.05, 0.1) is 18.4 Å². The van der Waals surface area contributed by atoms with Crippen LogP contribution in [0.4, 0.5) is 9.18 Å². The number of halogens is 1. The van der Waals surface area contributed by atoms with Crippen LogP contribution in [0.15, 0.2) is 54.8 Å². The highest BCUT2D eigenvalue weighted by molar-refractivity contribution is 5.88. The molecule has 1 N–H and O–H groups in total. The van der Waals surface area contributed by atoms with Crippen molar-refractivity contribution in [1.29, 1.82) is 0 Å². The molecule has 0 aromatic heterocycles. The molecule has 8 heteroatoms. The number of carboxylic acid groups (broad SMARTS) is 1. The lowest BCUT2D eigenvalue weighted by atomic mass is 9.93. The molecule has 34 heavy (non-hydrogen) atoms. The van der Waals surface area contributed by atoms with Gasteiger partial charge in [0.2, 0.25) is 0 Å². The van der Waals surface area contributed by atoms with Crippen LogP contribution < -0.4 is 4.74 Å². The van der Waals surface area contributed by atoms with Crippen molar-refractivity contribution in [3.8, 4) is 16.9 Å². The first kappa shape index (κ1) is 25.0. The number of carbonyl (C=O) groups excluding carboxylic acids is 2. The Morgan fingerprint density at radius 3 is 2.62 bits per heavy atom. The number of piperidine rings is 1. The van der Waals surface area contributed by atoms with Crippen molar-refractivity contribution in [2.45, 2.75) is 51.7 Å². The molecule has 1 amide bonds. The number of ketones is 1. The smallest absolute Gasteiger partial charge is 0.407 e. The minimum absolute atomic E-state index is 0.143. The van der Waals surface area contributed by atoms with E-state index in [1.165, 1.54) is 12.3 Å². The van der Waals surface area contributed by atoms with Crippen molar-refractivity contribution in [2.24, 2.45) is 0 Å². The van der Waals surface area contributed by atoms with Gasteiger partial charge >= 0.3 is 12.1 Å². The molecule has 1 heterocycles. The Labute approximate surface area is 197 Å². The van der Waals surface area contributed by atoms with Crippen LogP contribution in [0.3, 0.4) is 0 Å². The SMILES string of the molecule is CC(C)(C)OC(=O)/C=C/Oc1ccccc1-c1cc(C[C@H]2C(=O)CCCN2C(=O)O)ccc1F. The van der Waals surface area contributed by atoms with E-state index in [-0.39, 0.29) is 17.8 Å². The van der Waals surface area contributed by atoms with E-state index in [0.717, 1.165) is 11.0 Å². The fourth-order valence-corrected chi connectivity index (χ4v) is 3.79. The Bertz CT molecular complexity index is 1100. The minimum Gasteiger partial charge on any atom is -0.465 e. The maximum Gasteiger partial charge on any atom is 0.407 e. The lowest BCUT2D eigenvalue weighted by Crippen LogP contribution is -2.49. The topological polar surface area (TPSA) is 93.1 Å². The van der Waals surface area contributed by atoms with Crippen molar-refractivity contribution in [2.75, 3.05) is 6.54 Å². The van der Waals surface area contributed by atoms with E-state index in [1.807, 2.05) is 0 Å². The molecule has 1 aliphatic rings. The highest BCUT2D eigenvalue weighted by Gasteiger charge is 2.33. The van der Waals surface area contributed by atoms with Gasteiger partial charge in [0.1, 0.15) is 17.2 Å². The summed E-state index contributed by atoms with van der Waals surface area (Å²) in [4.78, 5) is 37.0. The molecule has 0 bridgehead atoms. The number of Topliss-reactive ketones (excluding diaryl/α,β-unsaturated/α-hetero) is 1. The summed E-state index contributed by atoms with van der Waals surface area (Å²) in [6.45, 7) is 5.55. The zero-order chi connectivity index (χ0) is 24.9. The van der Waals surface area contributed by atoms with E-state index in [1.54, 1.807) is 57.2 Å². The third kappa shape index (κ3) is 6.43. The summed E-state index contributed by atoms with van der Waals surface area (Å²) in [6, 6.07) is 10.4. The van der Waals surface area contributed by atoms with E-state index in [4.69, 9.17) is 9.47 Å². The number of carbonyl (C=O) groups is 3. The number of benzene rings is 2. The number of para-hydroxylation sites is 1. The summed E-state index contributed by atoms with van der Waals surface area (Å²) in [7, 11) is 0. The molecule has 0 aliphatic carbocycles. The van der Waals surface area contributed by atoms with E-state index < -0.39 is 29.5 Å². The molecule has 2 aromatic carbocycles. The molecule has 1 aliphatic heterocycles. The number of ether oxygens (including phenoxy) is 2. The third-order valence-corrected chi connectivity index (χ3v) is 5.26. The van der Waals surface area contributed by atoms with Gasteiger partial charge in [-0.05, 0) is 51.0 Å². The second-order valence-corrected chi connectivity index (χ2v) is 9.03. The third-order valence-electron chi connectivity index (χ3n) is 5.26. The lowest BCUT2D eigenvalue weighted by Gasteiger charge is -2.32. The van der Waals surface area contributed by atoms with Crippen LogP contribution in [-0.4, -0.2) is 46.0 Å². The Morgan fingerprint density at radius 2 is 1.91 bits per heavy atom. The quantitative estimate of drug-likeness (QED) is 0.364. The summed E-state index contributed by atoms with van der Waals surface area (Å²) >= 11 is 0. The van der Waals surface area contributed by atoms with Crippen LogP contribution in [0, 0.1) is 5.82 Å². The molecule has 2 aromatic rings. The van der Waals surface area contributed by atoms with Gasteiger partial charge in [-0.1, -0.05) is 24.3 Å². The van der Waals surface area contributed by atoms with Crippen molar-refractivity contribution in [3.63, 3.8) is 0 Å². The van der Waals surface area contributed by atoms with Gasteiger partial charge in [0.25, 0.3) is 0 Å². The van der Waals surface area contributed by atoms with Crippen LogP contribution in [-0.2, 0) is 20.7 Å². The van der Waals surface area contributed by atoms with Crippen molar-refractivity contribution in [3.05, 3.63) is 66.2 Å².